The second-order valence-electron chi connectivity index (χ2n) is 7.87. The van der Waals surface area contributed by atoms with Gasteiger partial charge in [0.25, 0.3) is 0 Å². The fourth-order valence-electron chi connectivity index (χ4n) is 4.16. The molecule has 0 unspecified atom stereocenters. The van der Waals surface area contributed by atoms with Crippen LogP contribution in [0.2, 0.25) is 0 Å². The summed E-state index contributed by atoms with van der Waals surface area (Å²) >= 11 is 0. The van der Waals surface area contributed by atoms with Gasteiger partial charge in [-0.1, -0.05) is 31.2 Å². The minimum Gasteiger partial charge on any atom is -0.491 e. The highest BCUT2D eigenvalue weighted by atomic mass is 35.5. The number of aromatic nitrogens is 4. The van der Waals surface area contributed by atoms with E-state index in [1.54, 1.807) is 0 Å². The molecule has 1 aliphatic heterocycles. The highest BCUT2D eigenvalue weighted by molar-refractivity contribution is 5.86. The standard InChI is InChI=1S/C23H25N5O.2ClH/c1-2-23(11-13-24-14-12-23)16-29-19-7-5-6-17-9-10-18(25-21(17)19)22-27-26-20-8-3-4-15-28(20)22;;/h3-10,15,24H,2,11-14,16H2,1H3;2*1H. The van der Waals surface area contributed by atoms with Gasteiger partial charge < -0.3 is 10.1 Å². The molecule has 4 heterocycles. The lowest BCUT2D eigenvalue weighted by Crippen LogP contribution is -2.40. The second kappa shape index (κ2) is 9.81. The van der Waals surface area contributed by atoms with E-state index in [2.05, 4.69) is 34.6 Å². The first-order chi connectivity index (χ1) is 14.3. The molecule has 1 saturated heterocycles. The number of hydrogen-bond acceptors (Lipinski definition) is 5. The van der Waals surface area contributed by atoms with Gasteiger partial charge in [-0.15, -0.1) is 35.0 Å². The maximum absolute atomic E-state index is 6.38. The minimum atomic E-state index is 0. The van der Waals surface area contributed by atoms with Crippen molar-refractivity contribution in [3.05, 3.63) is 54.7 Å². The number of piperidine rings is 1. The van der Waals surface area contributed by atoms with E-state index in [0.29, 0.717) is 0 Å². The molecule has 0 atom stereocenters. The van der Waals surface area contributed by atoms with Crippen LogP contribution in [0, 0.1) is 5.41 Å². The monoisotopic (exact) mass is 459 g/mol. The SMILES string of the molecule is CCC1(COc2cccc3ccc(-c4nnc5ccccn45)nc23)CCNCC1.Cl.Cl. The fourth-order valence-corrected chi connectivity index (χ4v) is 4.16. The Bertz CT molecular complexity index is 1160. The van der Waals surface area contributed by atoms with E-state index in [1.807, 2.05) is 47.0 Å². The van der Waals surface area contributed by atoms with Gasteiger partial charge in [-0.25, -0.2) is 4.98 Å². The van der Waals surface area contributed by atoms with Gasteiger partial charge in [0.15, 0.2) is 11.5 Å². The highest BCUT2D eigenvalue weighted by Crippen LogP contribution is 2.35. The molecule has 1 aromatic carbocycles. The van der Waals surface area contributed by atoms with E-state index in [0.717, 1.165) is 72.8 Å². The smallest absolute Gasteiger partial charge is 0.187 e. The molecular weight excluding hydrogens is 433 g/mol. The van der Waals surface area contributed by atoms with Gasteiger partial charge in [-0.3, -0.25) is 4.40 Å². The Kier molecular flexibility index (Phi) is 7.36. The summed E-state index contributed by atoms with van der Waals surface area (Å²) in [7, 11) is 0. The predicted octanol–water partition coefficient (Wildman–Crippen LogP) is 4.95. The number of ether oxygens (including phenoxy) is 1. The largest absolute Gasteiger partial charge is 0.491 e. The van der Waals surface area contributed by atoms with Crippen molar-refractivity contribution in [1.29, 1.82) is 0 Å². The number of pyridine rings is 2. The minimum absolute atomic E-state index is 0. The third kappa shape index (κ3) is 4.47. The zero-order valence-electron chi connectivity index (χ0n) is 17.5. The van der Waals surface area contributed by atoms with Gasteiger partial charge in [-0.2, -0.15) is 0 Å². The van der Waals surface area contributed by atoms with E-state index in [9.17, 15) is 0 Å². The first kappa shape index (κ1) is 23.3. The van der Waals surface area contributed by atoms with E-state index in [-0.39, 0.29) is 30.2 Å². The molecule has 6 nitrogen and oxygen atoms in total. The number of benzene rings is 1. The summed E-state index contributed by atoms with van der Waals surface area (Å²) in [5.74, 6) is 1.57. The van der Waals surface area contributed by atoms with Gasteiger partial charge in [0.05, 0.1) is 6.61 Å². The molecule has 8 heteroatoms. The average molecular weight is 460 g/mol. The molecule has 4 aromatic rings. The maximum atomic E-state index is 6.38. The van der Waals surface area contributed by atoms with Crippen molar-refractivity contribution in [3.63, 3.8) is 0 Å². The summed E-state index contributed by atoms with van der Waals surface area (Å²) < 4.78 is 8.34. The van der Waals surface area contributed by atoms with Crippen LogP contribution >= 0.6 is 24.8 Å². The van der Waals surface area contributed by atoms with Crippen LogP contribution in [0.5, 0.6) is 5.75 Å². The first-order valence-electron chi connectivity index (χ1n) is 10.3. The Hall–Kier alpha value is -2.41. The molecule has 5 rings (SSSR count). The van der Waals surface area contributed by atoms with E-state index >= 15 is 0 Å². The number of rotatable bonds is 5. The Labute approximate surface area is 194 Å². The second-order valence-corrected chi connectivity index (χ2v) is 7.87. The number of para-hydroxylation sites is 1. The van der Waals surface area contributed by atoms with Crippen LogP contribution in [0.15, 0.2) is 54.7 Å². The lowest BCUT2D eigenvalue weighted by Gasteiger charge is -2.36. The van der Waals surface area contributed by atoms with Crippen molar-refractivity contribution >= 4 is 41.4 Å². The molecule has 1 aliphatic rings. The van der Waals surface area contributed by atoms with Gasteiger partial charge in [-0.05, 0) is 56.6 Å². The summed E-state index contributed by atoms with van der Waals surface area (Å²) in [4.78, 5) is 4.92. The van der Waals surface area contributed by atoms with E-state index in [1.165, 1.54) is 0 Å². The fraction of sp³-hybridized carbons (Fsp3) is 0.348. The molecule has 0 spiro atoms. The van der Waals surface area contributed by atoms with E-state index < -0.39 is 0 Å². The summed E-state index contributed by atoms with van der Waals surface area (Å²) in [5.41, 5.74) is 2.72. The van der Waals surface area contributed by atoms with E-state index in [4.69, 9.17) is 9.72 Å². The van der Waals surface area contributed by atoms with Crippen LogP contribution in [0.25, 0.3) is 28.1 Å². The lowest BCUT2D eigenvalue weighted by molar-refractivity contribution is 0.101. The number of nitrogens with zero attached hydrogens (tertiary/aromatic N) is 4. The predicted molar refractivity (Wildman–Crippen MR) is 129 cm³/mol. The first-order valence-corrected chi connectivity index (χ1v) is 10.3. The van der Waals surface area contributed by atoms with Crippen LogP contribution in [0.1, 0.15) is 26.2 Å². The maximum Gasteiger partial charge on any atom is 0.187 e. The summed E-state index contributed by atoms with van der Waals surface area (Å²) in [6, 6.07) is 16.1. The van der Waals surface area contributed by atoms with Gasteiger partial charge in [0.2, 0.25) is 0 Å². The topological polar surface area (TPSA) is 64.3 Å². The number of nitrogens with one attached hydrogen (secondary N) is 1. The molecule has 3 aromatic heterocycles. The Morgan fingerprint density at radius 3 is 2.65 bits per heavy atom. The highest BCUT2D eigenvalue weighted by Gasteiger charge is 2.31. The average Bonchev–Trinajstić information content (AvgIpc) is 3.22. The van der Waals surface area contributed by atoms with Crippen molar-refractivity contribution < 1.29 is 4.74 Å². The third-order valence-electron chi connectivity index (χ3n) is 6.17. The molecule has 0 amide bonds. The van der Waals surface area contributed by atoms with Gasteiger partial charge in [0.1, 0.15) is 17.0 Å². The van der Waals surface area contributed by atoms with Crippen LogP contribution in [0.3, 0.4) is 0 Å². The zero-order chi connectivity index (χ0) is 19.7. The van der Waals surface area contributed by atoms with Crippen molar-refractivity contribution in [2.45, 2.75) is 26.2 Å². The molecule has 0 radical (unpaired) electrons. The van der Waals surface area contributed by atoms with Crippen LogP contribution in [-0.2, 0) is 0 Å². The molecule has 0 bridgehead atoms. The molecule has 1 N–H and O–H groups in total. The molecular formula is C23H27Cl2N5O. The molecule has 0 aliphatic carbocycles. The molecule has 31 heavy (non-hydrogen) atoms. The number of fused-ring (bicyclic) bond motifs is 2. The van der Waals surface area contributed by atoms with Crippen LogP contribution in [0.4, 0.5) is 0 Å². The third-order valence-corrected chi connectivity index (χ3v) is 6.17. The zero-order valence-corrected chi connectivity index (χ0v) is 19.1. The lowest BCUT2D eigenvalue weighted by atomic mass is 9.77. The normalized spacial score (nSPS) is 15.3. The van der Waals surface area contributed by atoms with Crippen molar-refractivity contribution in [2.75, 3.05) is 19.7 Å². The summed E-state index contributed by atoms with van der Waals surface area (Å²) in [5, 5.41) is 13.1. The quantitative estimate of drug-likeness (QED) is 0.457. The van der Waals surface area contributed by atoms with Crippen LogP contribution in [-0.4, -0.2) is 39.3 Å². The van der Waals surface area contributed by atoms with Crippen LogP contribution < -0.4 is 10.1 Å². The van der Waals surface area contributed by atoms with Crippen molar-refractivity contribution in [3.8, 4) is 17.3 Å². The Balaban J connectivity index is 0.00000136. The summed E-state index contributed by atoms with van der Waals surface area (Å²) in [6.45, 7) is 5.12. The molecule has 164 valence electrons. The number of halogens is 2. The van der Waals surface area contributed by atoms with Gasteiger partial charge in [0, 0.05) is 17.0 Å². The summed E-state index contributed by atoms with van der Waals surface area (Å²) in [6.07, 6.45) is 5.39. The Morgan fingerprint density at radius 2 is 1.84 bits per heavy atom. The molecule has 0 saturated carbocycles. The van der Waals surface area contributed by atoms with Gasteiger partial charge >= 0.3 is 0 Å². The van der Waals surface area contributed by atoms with Crippen molar-refractivity contribution in [1.82, 2.24) is 24.9 Å². The number of hydrogen-bond donors (Lipinski definition) is 1. The van der Waals surface area contributed by atoms with Crippen molar-refractivity contribution in [2.24, 2.45) is 5.41 Å². The molecule has 1 fully saturated rings. The Morgan fingerprint density at radius 1 is 1.00 bits per heavy atom.